The van der Waals surface area contributed by atoms with E-state index >= 15 is 0 Å². The lowest BCUT2D eigenvalue weighted by molar-refractivity contribution is -0.119. The van der Waals surface area contributed by atoms with Crippen molar-refractivity contribution in [2.24, 2.45) is 5.16 Å². The molecule has 2 rings (SSSR count). The van der Waals surface area contributed by atoms with Gasteiger partial charge < -0.3 is 9.94 Å². The summed E-state index contributed by atoms with van der Waals surface area (Å²) >= 11 is 0. The summed E-state index contributed by atoms with van der Waals surface area (Å²) < 4.78 is 0. The fourth-order valence-electron chi connectivity index (χ4n) is 1.86. The van der Waals surface area contributed by atoms with Crippen LogP contribution >= 0.6 is 0 Å². The number of oxime groups is 1. The number of Topliss-reactive ketones (excluding diaryl/α,β-unsaturated/α-hetero) is 1. The number of phenolic OH excluding ortho intramolecular Hbond substituents is 1. The zero-order valence-corrected chi connectivity index (χ0v) is 9.93. The molecule has 0 fully saturated rings. The number of ketones is 1. The monoisotopic (exact) mass is 233 g/mol. The Morgan fingerprint density at radius 3 is 3.00 bits per heavy atom. The van der Waals surface area contributed by atoms with Gasteiger partial charge in [0.1, 0.15) is 17.6 Å². The van der Waals surface area contributed by atoms with Crippen LogP contribution in [0.25, 0.3) is 0 Å². The summed E-state index contributed by atoms with van der Waals surface area (Å²) in [4.78, 5) is 16.2. The van der Waals surface area contributed by atoms with Crippen LogP contribution < -0.4 is 0 Å². The van der Waals surface area contributed by atoms with Gasteiger partial charge in [0.15, 0.2) is 0 Å². The standard InChI is InChI=1S/C13H15NO3/c1-8-5-10(3-4-13(8)16)12-7-11(17-14-12)6-9(2)15/h3-5,11,16H,6-7H2,1-2H3/t11-/m0/s1. The van der Waals surface area contributed by atoms with Crippen LogP contribution in [0.5, 0.6) is 5.75 Å². The molecule has 90 valence electrons. The Labute approximate surface area is 99.9 Å². The first-order valence-electron chi connectivity index (χ1n) is 5.58. The molecule has 17 heavy (non-hydrogen) atoms. The van der Waals surface area contributed by atoms with E-state index in [0.29, 0.717) is 12.8 Å². The van der Waals surface area contributed by atoms with Gasteiger partial charge in [-0.25, -0.2) is 0 Å². The van der Waals surface area contributed by atoms with E-state index in [9.17, 15) is 9.90 Å². The van der Waals surface area contributed by atoms with E-state index in [1.807, 2.05) is 13.0 Å². The fraction of sp³-hybridized carbons (Fsp3) is 0.385. The number of nitrogens with zero attached hydrogens (tertiary/aromatic N) is 1. The Bertz CT molecular complexity index is 480. The lowest BCUT2D eigenvalue weighted by atomic mass is 10.0. The number of carbonyl (C=O) groups is 1. The third-order valence-electron chi connectivity index (χ3n) is 2.78. The molecule has 0 unspecified atom stereocenters. The van der Waals surface area contributed by atoms with Crippen molar-refractivity contribution in [2.45, 2.75) is 32.8 Å². The normalized spacial score (nSPS) is 18.7. The lowest BCUT2D eigenvalue weighted by Crippen LogP contribution is -2.12. The molecular weight excluding hydrogens is 218 g/mol. The minimum atomic E-state index is -0.142. The van der Waals surface area contributed by atoms with Crippen LogP contribution in [0.15, 0.2) is 23.4 Å². The second-order valence-electron chi connectivity index (χ2n) is 4.38. The number of phenols is 1. The molecule has 0 aromatic heterocycles. The van der Waals surface area contributed by atoms with Crippen LogP contribution in [-0.2, 0) is 9.63 Å². The molecule has 0 saturated heterocycles. The van der Waals surface area contributed by atoms with E-state index in [0.717, 1.165) is 16.8 Å². The van der Waals surface area contributed by atoms with Gasteiger partial charge in [-0.15, -0.1) is 0 Å². The van der Waals surface area contributed by atoms with E-state index in [2.05, 4.69) is 5.16 Å². The average Bonchev–Trinajstić information content (AvgIpc) is 2.69. The maximum absolute atomic E-state index is 11.0. The molecule has 4 nitrogen and oxygen atoms in total. The second kappa shape index (κ2) is 4.57. The minimum Gasteiger partial charge on any atom is -0.508 e. The molecule has 1 heterocycles. The first-order valence-corrected chi connectivity index (χ1v) is 5.58. The fourth-order valence-corrected chi connectivity index (χ4v) is 1.86. The van der Waals surface area contributed by atoms with Crippen molar-refractivity contribution >= 4 is 11.5 Å². The third kappa shape index (κ3) is 2.64. The summed E-state index contributed by atoms with van der Waals surface area (Å²) in [7, 11) is 0. The van der Waals surface area contributed by atoms with Crippen LogP contribution in [0.4, 0.5) is 0 Å². The van der Waals surface area contributed by atoms with Crippen molar-refractivity contribution in [3.8, 4) is 5.75 Å². The van der Waals surface area contributed by atoms with Gasteiger partial charge in [-0.2, -0.15) is 0 Å². The third-order valence-corrected chi connectivity index (χ3v) is 2.78. The highest BCUT2D eigenvalue weighted by molar-refractivity contribution is 6.01. The van der Waals surface area contributed by atoms with Crippen LogP contribution in [0.3, 0.4) is 0 Å². The predicted molar refractivity (Wildman–Crippen MR) is 64.2 cm³/mol. The summed E-state index contributed by atoms with van der Waals surface area (Å²) in [6.07, 6.45) is 0.894. The van der Waals surface area contributed by atoms with Crippen LogP contribution in [0, 0.1) is 6.92 Å². The summed E-state index contributed by atoms with van der Waals surface area (Å²) in [6.45, 7) is 3.38. The molecule has 1 atom stereocenters. The lowest BCUT2D eigenvalue weighted by Gasteiger charge is -2.05. The van der Waals surface area contributed by atoms with E-state index in [-0.39, 0.29) is 17.6 Å². The Balaban J connectivity index is 2.09. The molecule has 1 aliphatic rings. The van der Waals surface area contributed by atoms with Gasteiger partial charge in [0, 0.05) is 12.8 Å². The van der Waals surface area contributed by atoms with Gasteiger partial charge in [-0.1, -0.05) is 5.16 Å². The van der Waals surface area contributed by atoms with Crippen LogP contribution in [0.1, 0.15) is 30.9 Å². The van der Waals surface area contributed by atoms with Gasteiger partial charge in [-0.05, 0) is 43.2 Å². The highest BCUT2D eigenvalue weighted by Crippen LogP contribution is 2.23. The predicted octanol–water partition coefficient (Wildman–Crippen LogP) is 2.17. The van der Waals surface area contributed by atoms with Crippen molar-refractivity contribution in [3.63, 3.8) is 0 Å². The summed E-state index contributed by atoms with van der Waals surface area (Å²) in [5.74, 6) is 0.377. The Kier molecular flexibility index (Phi) is 3.13. The number of rotatable bonds is 3. The SMILES string of the molecule is CC(=O)C[C@H]1CC(c2ccc(O)c(C)c2)=NO1. The van der Waals surface area contributed by atoms with E-state index in [1.165, 1.54) is 0 Å². The summed E-state index contributed by atoms with van der Waals surface area (Å²) in [5, 5.41) is 13.4. The maximum Gasteiger partial charge on any atom is 0.140 e. The maximum atomic E-state index is 11.0. The Morgan fingerprint density at radius 2 is 2.35 bits per heavy atom. The topological polar surface area (TPSA) is 58.9 Å². The van der Waals surface area contributed by atoms with Crippen molar-refractivity contribution in [2.75, 3.05) is 0 Å². The minimum absolute atomic E-state index is 0.105. The van der Waals surface area contributed by atoms with Gasteiger partial charge in [0.2, 0.25) is 0 Å². The number of aryl methyl sites for hydroxylation is 1. The second-order valence-corrected chi connectivity index (χ2v) is 4.38. The van der Waals surface area contributed by atoms with E-state index < -0.39 is 0 Å². The van der Waals surface area contributed by atoms with Crippen LogP contribution in [0.2, 0.25) is 0 Å². The van der Waals surface area contributed by atoms with Crippen molar-refractivity contribution in [1.29, 1.82) is 0 Å². The highest BCUT2D eigenvalue weighted by Gasteiger charge is 2.23. The zero-order valence-electron chi connectivity index (χ0n) is 9.93. The molecule has 4 heteroatoms. The van der Waals surface area contributed by atoms with E-state index in [1.54, 1.807) is 19.1 Å². The molecule has 1 N–H and O–H groups in total. The van der Waals surface area contributed by atoms with Crippen molar-refractivity contribution < 1.29 is 14.7 Å². The quantitative estimate of drug-likeness (QED) is 0.870. The molecular formula is C13H15NO3. The molecule has 0 radical (unpaired) electrons. The van der Waals surface area contributed by atoms with Gasteiger partial charge in [0.05, 0.1) is 5.71 Å². The molecule has 1 aromatic rings. The van der Waals surface area contributed by atoms with Gasteiger partial charge in [-0.3, -0.25) is 4.79 Å². The molecule has 0 saturated carbocycles. The van der Waals surface area contributed by atoms with Gasteiger partial charge >= 0.3 is 0 Å². The Morgan fingerprint density at radius 1 is 1.59 bits per heavy atom. The first-order chi connectivity index (χ1) is 8.06. The van der Waals surface area contributed by atoms with E-state index in [4.69, 9.17) is 4.84 Å². The number of hydrogen-bond acceptors (Lipinski definition) is 4. The van der Waals surface area contributed by atoms with Gasteiger partial charge in [0.25, 0.3) is 0 Å². The number of benzene rings is 1. The summed E-state index contributed by atoms with van der Waals surface area (Å²) in [5.41, 5.74) is 2.57. The van der Waals surface area contributed by atoms with Crippen LogP contribution in [-0.4, -0.2) is 22.7 Å². The molecule has 1 aliphatic heterocycles. The average molecular weight is 233 g/mol. The highest BCUT2D eigenvalue weighted by atomic mass is 16.6. The number of hydrogen-bond donors (Lipinski definition) is 1. The molecule has 0 aliphatic carbocycles. The zero-order chi connectivity index (χ0) is 12.4. The van der Waals surface area contributed by atoms with Crippen molar-refractivity contribution in [1.82, 2.24) is 0 Å². The molecule has 0 amide bonds. The number of carbonyl (C=O) groups excluding carboxylic acids is 1. The number of aromatic hydroxyl groups is 1. The summed E-state index contributed by atoms with van der Waals surface area (Å²) in [6, 6.07) is 5.32. The first kappa shape index (κ1) is 11.6. The Hall–Kier alpha value is -1.84. The molecule has 0 spiro atoms. The molecule has 0 bridgehead atoms. The largest absolute Gasteiger partial charge is 0.508 e. The smallest absolute Gasteiger partial charge is 0.140 e. The molecule has 1 aromatic carbocycles. The van der Waals surface area contributed by atoms with Crippen molar-refractivity contribution in [3.05, 3.63) is 29.3 Å².